The van der Waals surface area contributed by atoms with Gasteiger partial charge in [0.15, 0.2) is 0 Å². The van der Waals surface area contributed by atoms with E-state index < -0.39 is 0 Å². The van der Waals surface area contributed by atoms with Gasteiger partial charge in [0, 0.05) is 42.2 Å². The molecule has 0 saturated carbocycles. The van der Waals surface area contributed by atoms with Crippen LogP contribution < -0.4 is 4.90 Å². The third-order valence-electron chi connectivity index (χ3n) is 10.9. The third kappa shape index (κ3) is 5.32. The lowest BCUT2D eigenvalue weighted by molar-refractivity contribution is 0.669. The quantitative estimate of drug-likeness (QED) is 0.170. The van der Waals surface area contributed by atoms with Crippen LogP contribution in [-0.2, 0) is 0 Å². The summed E-state index contributed by atoms with van der Waals surface area (Å²) in [6.07, 6.45) is 0. The molecular weight excluding hydrogens is 687 g/mol. The van der Waals surface area contributed by atoms with Gasteiger partial charge in [-0.2, -0.15) is 0 Å². The number of benzene rings is 9. The van der Waals surface area contributed by atoms with E-state index in [4.69, 9.17) is 4.42 Å². The van der Waals surface area contributed by atoms with Crippen LogP contribution in [0.15, 0.2) is 205 Å². The highest BCUT2D eigenvalue weighted by molar-refractivity contribution is 7.26. The first-order valence-electron chi connectivity index (χ1n) is 18.7. The van der Waals surface area contributed by atoms with Crippen LogP contribution in [0.5, 0.6) is 0 Å². The molecule has 2 aromatic heterocycles. The van der Waals surface area contributed by atoms with Gasteiger partial charge in [-0.15, -0.1) is 11.3 Å². The molecule has 0 aliphatic rings. The van der Waals surface area contributed by atoms with E-state index in [9.17, 15) is 0 Å². The summed E-state index contributed by atoms with van der Waals surface area (Å²) < 4.78 is 8.80. The van der Waals surface area contributed by atoms with Crippen molar-refractivity contribution in [1.29, 1.82) is 0 Å². The molecule has 0 N–H and O–H groups in total. The van der Waals surface area contributed by atoms with Crippen molar-refractivity contribution in [3.8, 4) is 33.4 Å². The van der Waals surface area contributed by atoms with Gasteiger partial charge in [-0.1, -0.05) is 146 Å². The molecule has 0 fully saturated rings. The van der Waals surface area contributed by atoms with Crippen LogP contribution in [0.2, 0.25) is 0 Å². The number of fused-ring (bicyclic) bond motifs is 7. The summed E-state index contributed by atoms with van der Waals surface area (Å²) in [5, 5.41) is 7.30. The fourth-order valence-corrected chi connectivity index (χ4v) is 9.43. The van der Waals surface area contributed by atoms with E-state index >= 15 is 0 Å². The molecular formula is C52H33NOS. The van der Waals surface area contributed by atoms with Gasteiger partial charge >= 0.3 is 0 Å². The maximum absolute atomic E-state index is 6.24. The van der Waals surface area contributed by atoms with Crippen molar-refractivity contribution in [2.45, 2.75) is 0 Å². The summed E-state index contributed by atoms with van der Waals surface area (Å²) in [6.45, 7) is 0. The van der Waals surface area contributed by atoms with Gasteiger partial charge in [0.25, 0.3) is 0 Å². The molecule has 11 aromatic rings. The Balaban J connectivity index is 1.09. The lowest BCUT2D eigenvalue weighted by atomic mass is 9.96. The number of hydrogen-bond acceptors (Lipinski definition) is 3. The molecule has 55 heavy (non-hydrogen) atoms. The van der Waals surface area contributed by atoms with Gasteiger partial charge < -0.3 is 9.32 Å². The molecule has 9 aromatic carbocycles. The molecule has 0 saturated heterocycles. The van der Waals surface area contributed by atoms with Gasteiger partial charge in [0.1, 0.15) is 11.2 Å². The summed E-state index contributed by atoms with van der Waals surface area (Å²) in [7, 11) is 0. The van der Waals surface area contributed by atoms with Crippen molar-refractivity contribution < 1.29 is 4.42 Å². The molecule has 0 spiro atoms. The Morgan fingerprint density at radius 3 is 1.93 bits per heavy atom. The highest BCUT2D eigenvalue weighted by atomic mass is 32.1. The smallest absolute Gasteiger partial charge is 0.135 e. The molecule has 0 aliphatic carbocycles. The second kappa shape index (κ2) is 12.9. The average molecular weight is 720 g/mol. The first kappa shape index (κ1) is 31.6. The summed E-state index contributed by atoms with van der Waals surface area (Å²) in [5.74, 6) is 0. The van der Waals surface area contributed by atoms with E-state index in [1.54, 1.807) is 0 Å². The largest absolute Gasteiger partial charge is 0.456 e. The zero-order chi connectivity index (χ0) is 36.3. The molecule has 2 nitrogen and oxygen atoms in total. The summed E-state index contributed by atoms with van der Waals surface area (Å²) in [5.41, 5.74) is 12.3. The number of para-hydroxylation sites is 2. The zero-order valence-corrected chi connectivity index (χ0v) is 30.6. The summed E-state index contributed by atoms with van der Waals surface area (Å²) in [6, 6.07) is 72.3. The first-order chi connectivity index (χ1) is 27.3. The predicted molar refractivity (Wildman–Crippen MR) is 235 cm³/mol. The predicted octanol–water partition coefficient (Wildman–Crippen LogP) is 15.6. The second-order valence-corrected chi connectivity index (χ2v) is 15.1. The Morgan fingerprint density at radius 2 is 1.00 bits per heavy atom. The third-order valence-corrected chi connectivity index (χ3v) is 12.0. The molecule has 0 amide bonds. The van der Waals surface area contributed by atoms with E-state index in [1.807, 2.05) is 23.5 Å². The number of nitrogens with zero attached hydrogens (tertiary/aromatic N) is 1. The molecule has 0 atom stereocenters. The number of anilines is 3. The van der Waals surface area contributed by atoms with Gasteiger partial charge in [0.2, 0.25) is 0 Å². The van der Waals surface area contributed by atoms with Crippen LogP contribution in [0.1, 0.15) is 0 Å². The Labute approximate surface area is 322 Å². The fraction of sp³-hybridized carbons (Fsp3) is 0. The van der Waals surface area contributed by atoms with Crippen LogP contribution in [0.3, 0.4) is 0 Å². The minimum atomic E-state index is 0.896. The number of rotatable bonds is 6. The van der Waals surface area contributed by atoms with Crippen LogP contribution in [0.25, 0.3) is 86.3 Å². The van der Waals surface area contributed by atoms with Gasteiger partial charge in [-0.3, -0.25) is 0 Å². The fourth-order valence-electron chi connectivity index (χ4n) is 8.30. The van der Waals surface area contributed by atoms with Crippen LogP contribution in [0, 0.1) is 0 Å². The molecule has 0 bridgehead atoms. The Bertz CT molecular complexity index is 3220. The molecule has 258 valence electrons. The maximum Gasteiger partial charge on any atom is 0.135 e. The normalized spacial score (nSPS) is 11.6. The molecule has 3 heteroatoms. The topological polar surface area (TPSA) is 16.4 Å². The van der Waals surface area contributed by atoms with E-state index in [0.29, 0.717) is 0 Å². The van der Waals surface area contributed by atoms with Gasteiger partial charge in [0.05, 0.1) is 11.4 Å². The van der Waals surface area contributed by atoms with E-state index in [1.165, 1.54) is 47.6 Å². The maximum atomic E-state index is 6.24. The molecule has 11 rings (SSSR count). The van der Waals surface area contributed by atoms with E-state index in [-0.39, 0.29) is 0 Å². The van der Waals surface area contributed by atoms with Crippen LogP contribution in [-0.4, -0.2) is 0 Å². The Morgan fingerprint density at radius 1 is 0.364 bits per heavy atom. The van der Waals surface area contributed by atoms with Crippen molar-refractivity contribution in [1.82, 2.24) is 0 Å². The number of thiophene rings is 1. The van der Waals surface area contributed by atoms with E-state index in [2.05, 4.69) is 193 Å². The summed E-state index contributed by atoms with van der Waals surface area (Å²) >= 11 is 1.85. The molecule has 0 aliphatic heterocycles. The highest BCUT2D eigenvalue weighted by Gasteiger charge is 2.22. The standard InChI is InChI=1S/C52H33NOS/c1-2-16-40-35(12-1)13-10-20-41(40)36-28-26-34(27-29-36)37-14-9-15-39(32-37)53(47-22-11-25-51-52(47)44-19-5-8-24-50(44)55-51)46-21-6-3-17-42(46)38-30-31-49-45(33-38)43-18-4-7-23-48(43)54-49/h1-33H. The first-order valence-corrected chi connectivity index (χ1v) is 19.5. The van der Waals surface area contributed by atoms with Crippen molar-refractivity contribution >= 4 is 81.3 Å². The average Bonchev–Trinajstić information content (AvgIpc) is 3.83. The number of hydrogen-bond donors (Lipinski definition) is 0. The lowest BCUT2D eigenvalue weighted by Crippen LogP contribution is -2.11. The molecule has 2 heterocycles. The van der Waals surface area contributed by atoms with Crippen molar-refractivity contribution in [2.24, 2.45) is 0 Å². The molecule has 0 radical (unpaired) electrons. The minimum Gasteiger partial charge on any atom is -0.456 e. The Kier molecular flexibility index (Phi) is 7.39. The van der Waals surface area contributed by atoms with Gasteiger partial charge in [-0.25, -0.2) is 0 Å². The molecule has 0 unspecified atom stereocenters. The van der Waals surface area contributed by atoms with Crippen molar-refractivity contribution in [2.75, 3.05) is 4.90 Å². The minimum absolute atomic E-state index is 0.896. The van der Waals surface area contributed by atoms with Crippen LogP contribution in [0.4, 0.5) is 17.1 Å². The van der Waals surface area contributed by atoms with Crippen LogP contribution >= 0.6 is 11.3 Å². The zero-order valence-electron chi connectivity index (χ0n) is 29.8. The SMILES string of the molecule is c1cc(-c2ccc(-c3cccc4ccccc34)cc2)cc(N(c2ccccc2-c2ccc3oc4ccccc4c3c2)c2cccc3sc4ccccc4c23)c1. The second-order valence-electron chi connectivity index (χ2n) is 14.1. The van der Waals surface area contributed by atoms with Crippen molar-refractivity contribution in [3.05, 3.63) is 200 Å². The van der Waals surface area contributed by atoms with Crippen molar-refractivity contribution in [3.63, 3.8) is 0 Å². The monoisotopic (exact) mass is 719 g/mol. The van der Waals surface area contributed by atoms with Gasteiger partial charge in [-0.05, 0) is 93.2 Å². The lowest BCUT2D eigenvalue weighted by Gasteiger charge is -2.29. The highest BCUT2D eigenvalue weighted by Crippen LogP contribution is 2.48. The number of furan rings is 1. The summed E-state index contributed by atoms with van der Waals surface area (Å²) in [4.78, 5) is 2.46. The Hall–Kier alpha value is -6.94. The van der Waals surface area contributed by atoms with E-state index in [0.717, 1.165) is 55.7 Å².